The number of sulfonamides is 1. The first kappa shape index (κ1) is 15.9. The SMILES string of the molecule is Nc1c(Cl)ccc(S(=O)(=O)NCC2CCC(O)C2)c1Cl. The molecule has 0 radical (unpaired) electrons. The molecule has 2 unspecified atom stereocenters. The maximum absolute atomic E-state index is 12.2. The average Bonchev–Trinajstić information content (AvgIpc) is 2.79. The van der Waals surface area contributed by atoms with Crippen LogP contribution in [-0.4, -0.2) is 26.2 Å². The van der Waals surface area contributed by atoms with Crippen LogP contribution < -0.4 is 10.5 Å². The topological polar surface area (TPSA) is 92.4 Å². The lowest BCUT2D eigenvalue weighted by Crippen LogP contribution is -2.29. The van der Waals surface area contributed by atoms with E-state index in [1.165, 1.54) is 12.1 Å². The van der Waals surface area contributed by atoms with Crippen LogP contribution in [-0.2, 0) is 10.0 Å². The van der Waals surface area contributed by atoms with Gasteiger partial charge in [-0.3, -0.25) is 0 Å². The fourth-order valence-corrected chi connectivity index (χ4v) is 4.18. The van der Waals surface area contributed by atoms with Crippen LogP contribution >= 0.6 is 23.2 Å². The van der Waals surface area contributed by atoms with E-state index in [9.17, 15) is 13.5 Å². The van der Waals surface area contributed by atoms with E-state index in [0.29, 0.717) is 12.8 Å². The van der Waals surface area contributed by atoms with Crippen LogP contribution in [0, 0.1) is 5.92 Å². The van der Waals surface area contributed by atoms with E-state index >= 15 is 0 Å². The number of hydrogen-bond donors (Lipinski definition) is 3. The van der Waals surface area contributed by atoms with Gasteiger partial charge in [0, 0.05) is 6.54 Å². The Morgan fingerprint density at radius 2 is 2.05 bits per heavy atom. The van der Waals surface area contributed by atoms with Crippen molar-refractivity contribution in [2.45, 2.75) is 30.3 Å². The molecule has 0 amide bonds. The van der Waals surface area contributed by atoms with Gasteiger partial charge in [-0.15, -0.1) is 0 Å². The first-order chi connectivity index (χ1) is 9.31. The van der Waals surface area contributed by atoms with Gasteiger partial charge in [0.25, 0.3) is 0 Å². The van der Waals surface area contributed by atoms with Crippen molar-refractivity contribution in [1.82, 2.24) is 4.72 Å². The summed E-state index contributed by atoms with van der Waals surface area (Å²) in [4.78, 5) is -0.0837. The molecule has 1 saturated carbocycles. The second kappa shape index (κ2) is 6.07. The smallest absolute Gasteiger partial charge is 0.242 e. The minimum absolute atomic E-state index is 0.0486. The van der Waals surface area contributed by atoms with Crippen LogP contribution in [0.1, 0.15) is 19.3 Å². The predicted molar refractivity (Wildman–Crippen MR) is 79.4 cm³/mol. The molecule has 0 aliphatic heterocycles. The van der Waals surface area contributed by atoms with Gasteiger partial charge >= 0.3 is 0 Å². The third kappa shape index (κ3) is 3.38. The highest BCUT2D eigenvalue weighted by molar-refractivity contribution is 7.89. The lowest BCUT2D eigenvalue weighted by molar-refractivity contribution is 0.178. The number of rotatable bonds is 4. The van der Waals surface area contributed by atoms with Gasteiger partial charge < -0.3 is 10.8 Å². The highest BCUT2D eigenvalue weighted by atomic mass is 35.5. The molecule has 4 N–H and O–H groups in total. The molecule has 1 aliphatic rings. The summed E-state index contributed by atoms with van der Waals surface area (Å²) in [6.07, 6.45) is 1.79. The minimum atomic E-state index is -3.74. The lowest BCUT2D eigenvalue weighted by atomic mass is 10.1. The fourth-order valence-electron chi connectivity index (χ4n) is 2.30. The Bertz CT molecular complexity index is 607. The van der Waals surface area contributed by atoms with Gasteiger partial charge in [0.2, 0.25) is 10.0 Å². The molecule has 112 valence electrons. The third-order valence-corrected chi connectivity index (χ3v) is 5.77. The summed E-state index contributed by atoms with van der Waals surface area (Å²) in [7, 11) is -3.74. The zero-order valence-corrected chi connectivity index (χ0v) is 13.0. The molecular weight excluding hydrogens is 323 g/mol. The second-order valence-corrected chi connectivity index (χ2v) is 7.48. The quantitative estimate of drug-likeness (QED) is 0.732. The Morgan fingerprint density at radius 1 is 1.35 bits per heavy atom. The van der Waals surface area contributed by atoms with Gasteiger partial charge in [-0.1, -0.05) is 23.2 Å². The van der Waals surface area contributed by atoms with Crippen LogP contribution in [0.4, 0.5) is 5.69 Å². The fraction of sp³-hybridized carbons (Fsp3) is 0.500. The first-order valence-corrected chi connectivity index (χ1v) is 8.46. The maximum atomic E-state index is 12.2. The van der Waals surface area contributed by atoms with Crippen molar-refractivity contribution >= 4 is 38.9 Å². The maximum Gasteiger partial charge on any atom is 0.242 e. The number of nitrogens with one attached hydrogen (secondary N) is 1. The Labute approximate surface area is 128 Å². The van der Waals surface area contributed by atoms with Gasteiger partial charge in [0.05, 0.1) is 21.8 Å². The lowest BCUT2D eigenvalue weighted by Gasteiger charge is -2.13. The molecule has 20 heavy (non-hydrogen) atoms. The summed E-state index contributed by atoms with van der Waals surface area (Å²) >= 11 is 11.7. The van der Waals surface area contributed by atoms with Crippen molar-refractivity contribution < 1.29 is 13.5 Å². The van der Waals surface area contributed by atoms with Crippen molar-refractivity contribution in [3.8, 4) is 0 Å². The predicted octanol–water partition coefficient (Wildman–Crippen LogP) is 2.01. The molecule has 5 nitrogen and oxygen atoms in total. The molecule has 8 heteroatoms. The Hall–Kier alpha value is -0.530. The highest BCUT2D eigenvalue weighted by Gasteiger charge is 2.26. The van der Waals surface area contributed by atoms with Crippen molar-refractivity contribution in [3.63, 3.8) is 0 Å². The zero-order chi connectivity index (χ0) is 14.9. The number of aliphatic hydroxyl groups excluding tert-OH is 1. The Balaban J connectivity index is 2.13. The number of hydrogen-bond acceptors (Lipinski definition) is 4. The number of halogens is 2. The Kier molecular flexibility index (Phi) is 4.81. The molecular formula is C12H16Cl2N2O3S. The van der Waals surface area contributed by atoms with E-state index in [-0.39, 0.29) is 39.2 Å². The molecule has 1 aromatic carbocycles. The molecule has 2 rings (SSSR count). The van der Waals surface area contributed by atoms with E-state index < -0.39 is 10.0 Å². The van der Waals surface area contributed by atoms with Gasteiger partial charge in [-0.25, -0.2) is 13.1 Å². The molecule has 1 fully saturated rings. The van der Waals surface area contributed by atoms with E-state index in [4.69, 9.17) is 28.9 Å². The molecule has 0 bridgehead atoms. The van der Waals surface area contributed by atoms with Gasteiger partial charge in [0.15, 0.2) is 0 Å². The molecule has 0 aromatic heterocycles. The summed E-state index contributed by atoms with van der Waals surface area (Å²) in [5.74, 6) is 0.142. The van der Waals surface area contributed by atoms with Crippen molar-refractivity contribution in [3.05, 3.63) is 22.2 Å². The standard InChI is InChI=1S/C12H16Cl2N2O3S/c13-9-3-4-10(11(14)12(9)15)20(18,19)16-6-7-1-2-8(17)5-7/h3-4,7-8,16-17H,1-2,5-6,15H2. The summed E-state index contributed by atoms with van der Waals surface area (Å²) < 4.78 is 26.9. The highest BCUT2D eigenvalue weighted by Crippen LogP contribution is 2.33. The zero-order valence-electron chi connectivity index (χ0n) is 10.6. The van der Waals surface area contributed by atoms with Crippen molar-refractivity contribution in [2.24, 2.45) is 5.92 Å². The van der Waals surface area contributed by atoms with Gasteiger partial charge in [0.1, 0.15) is 4.90 Å². The van der Waals surface area contributed by atoms with Crippen molar-refractivity contribution in [2.75, 3.05) is 12.3 Å². The van der Waals surface area contributed by atoms with E-state index in [2.05, 4.69) is 4.72 Å². The normalized spacial score (nSPS) is 23.1. The third-order valence-electron chi connectivity index (χ3n) is 3.46. The largest absolute Gasteiger partial charge is 0.396 e. The van der Waals surface area contributed by atoms with Crippen LogP contribution in [0.15, 0.2) is 17.0 Å². The summed E-state index contributed by atoms with van der Waals surface area (Å²) in [5.41, 5.74) is 5.68. The summed E-state index contributed by atoms with van der Waals surface area (Å²) in [5, 5.41) is 9.57. The molecule has 0 saturated heterocycles. The van der Waals surface area contributed by atoms with Crippen LogP contribution in [0.2, 0.25) is 10.0 Å². The number of anilines is 1. The monoisotopic (exact) mass is 338 g/mol. The van der Waals surface area contributed by atoms with Crippen LogP contribution in [0.3, 0.4) is 0 Å². The number of benzene rings is 1. The number of nitrogens with two attached hydrogens (primary N) is 1. The summed E-state index contributed by atoms with van der Waals surface area (Å²) in [6.45, 7) is 0.276. The second-order valence-electron chi connectivity index (χ2n) is 4.96. The molecule has 0 spiro atoms. The first-order valence-electron chi connectivity index (χ1n) is 6.22. The van der Waals surface area contributed by atoms with Gasteiger partial charge in [-0.2, -0.15) is 0 Å². The number of nitrogen functional groups attached to an aromatic ring is 1. The Morgan fingerprint density at radius 3 is 2.65 bits per heavy atom. The molecule has 2 atom stereocenters. The van der Waals surface area contributed by atoms with Crippen LogP contribution in [0.5, 0.6) is 0 Å². The van der Waals surface area contributed by atoms with Gasteiger partial charge in [-0.05, 0) is 37.3 Å². The molecule has 1 aliphatic carbocycles. The van der Waals surface area contributed by atoms with Crippen molar-refractivity contribution in [1.29, 1.82) is 0 Å². The number of aliphatic hydroxyl groups is 1. The average molecular weight is 339 g/mol. The minimum Gasteiger partial charge on any atom is -0.396 e. The molecule has 1 aromatic rings. The van der Waals surface area contributed by atoms with E-state index in [1.807, 2.05) is 0 Å². The molecule has 0 heterocycles. The van der Waals surface area contributed by atoms with E-state index in [1.54, 1.807) is 0 Å². The summed E-state index contributed by atoms with van der Waals surface area (Å²) in [6, 6.07) is 2.73. The van der Waals surface area contributed by atoms with E-state index in [0.717, 1.165) is 6.42 Å². The van der Waals surface area contributed by atoms with Crippen LogP contribution in [0.25, 0.3) is 0 Å².